The largest absolute Gasteiger partial charge is 0.441 e. The number of oxazole rings is 1. The number of carbonyl (C=O) groups excluding carboxylic acids is 2. The third-order valence-corrected chi connectivity index (χ3v) is 6.10. The first-order valence-electron chi connectivity index (χ1n) is 10.5. The highest BCUT2D eigenvalue weighted by Crippen LogP contribution is 2.31. The molecular weight excluding hydrogens is 449 g/mol. The molecule has 0 aliphatic carbocycles. The molecule has 0 spiro atoms. The summed E-state index contributed by atoms with van der Waals surface area (Å²) < 4.78 is 5.75. The Balaban J connectivity index is 1.38. The molecular formula is C24H23Cl2N3O3. The van der Waals surface area contributed by atoms with Crippen LogP contribution in [0.15, 0.2) is 47.0 Å². The molecule has 1 aromatic heterocycles. The summed E-state index contributed by atoms with van der Waals surface area (Å²) in [6.07, 6.45) is 4.18. The predicted octanol–water partition coefficient (Wildman–Crippen LogP) is 5.76. The monoisotopic (exact) mass is 471 g/mol. The van der Waals surface area contributed by atoms with Crippen LogP contribution in [0.2, 0.25) is 10.0 Å². The molecule has 2 heterocycles. The summed E-state index contributed by atoms with van der Waals surface area (Å²) in [5.74, 6) is 0.800. The van der Waals surface area contributed by atoms with E-state index in [0.717, 1.165) is 31.5 Å². The van der Waals surface area contributed by atoms with Crippen LogP contribution in [0.5, 0.6) is 0 Å². The Bertz CT molecular complexity index is 1150. The molecule has 8 heteroatoms. The van der Waals surface area contributed by atoms with Gasteiger partial charge in [-0.1, -0.05) is 29.3 Å². The van der Waals surface area contributed by atoms with E-state index in [1.165, 1.54) is 0 Å². The fourth-order valence-corrected chi connectivity index (χ4v) is 4.27. The SMILES string of the molecule is Cc1c(NC(=O)CCc2ncc(-c3ccc(Cl)cc3Cl)o2)cccc1C(=O)N1CCCC1. The van der Waals surface area contributed by atoms with Gasteiger partial charge in [0.25, 0.3) is 5.91 Å². The molecule has 3 aromatic rings. The number of hydrogen-bond donors (Lipinski definition) is 1. The number of benzene rings is 2. The third-order valence-electron chi connectivity index (χ3n) is 5.55. The minimum absolute atomic E-state index is 0.0178. The fourth-order valence-electron chi connectivity index (χ4n) is 3.77. The Hall–Kier alpha value is -2.83. The van der Waals surface area contributed by atoms with E-state index >= 15 is 0 Å². The lowest BCUT2D eigenvalue weighted by Crippen LogP contribution is -2.28. The van der Waals surface area contributed by atoms with Crippen molar-refractivity contribution in [2.24, 2.45) is 0 Å². The minimum atomic E-state index is -0.178. The molecule has 1 aliphatic rings. The second-order valence-electron chi connectivity index (χ2n) is 7.77. The van der Waals surface area contributed by atoms with E-state index in [2.05, 4.69) is 10.3 Å². The number of hydrogen-bond acceptors (Lipinski definition) is 4. The second-order valence-corrected chi connectivity index (χ2v) is 8.61. The first-order valence-corrected chi connectivity index (χ1v) is 11.3. The van der Waals surface area contributed by atoms with Crippen molar-refractivity contribution in [1.82, 2.24) is 9.88 Å². The number of anilines is 1. The minimum Gasteiger partial charge on any atom is -0.441 e. The summed E-state index contributed by atoms with van der Waals surface area (Å²) in [4.78, 5) is 31.4. The molecule has 0 bridgehead atoms. The summed E-state index contributed by atoms with van der Waals surface area (Å²) in [6, 6.07) is 10.5. The second kappa shape index (κ2) is 9.76. The van der Waals surface area contributed by atoms with Crippen molar-refractivity contribution in [3.63, 3.8) is 0 Å². The number of rotatable bonds is 6. The summed E-state index contributed by atoms with van der Waals surface area (Å²) in [5, 5.41) is 3.91. The van der Waals surface area contributed by atoms with Crippen LogP contribution in [0.3, 0.4) is 0 Å². The molecule has 0 atom stereocenters. The van der Waals surface area contributed by atoms with Crippen molar-refractivity contribution in [2.75, 3.05) is 18.4 Å². The molecule has 0 unspecified atom stereocenters. The van der Waals surface area contributed by atoms with Gasteiger partial charge in [0.05, 0.1) is 11.2 Å². The summed E-state index contributed by atoms with van der Waals surface area (Å²) in [6.45, 7) is 3.43. The number of nitrogens with zero attached hydrogens (tertiary/aromatic N) is 2. The van der Waals surface area contributed by atoms with Crippen molar-refractivity contribution in [1.29, 1.82) is 0 Å². The van der Waals surface area contributed by atoms with Crippen molar-refractivity contribution < 1.29 is 14.0 Å². The summed E-state index contributed by atoms with van der Waals surface area (Å²) >= 11 is 12.2. The molecule has 4 rings (SSSR count). The normalized spacial score (nSPS) is 13.4. The smallest absolute Gasteiger partial charge is 0.254 e. The summed E-state index contributed by atoms with van der Waals surface area (Å²) in [7, 11) is 0. The van der Waals surface area contributed by atoms with Gasteiger partial charge in [-0.3, -0.25) is 9.59 Å². The van der Waals surface area contributed by atoms with Crippen LogP contribution in [-0.4, -0.2) is 34.8 Å². The molecule has 1 N–H and O–H groups in total. The third kappa shape index (κ3) is 4.97. The Kier molecular flexibility index (Phi) is 6.82. The fraction of sp³-hybridized carbons (Fsp3) is 0.292. The van der Waals surface area contributed by atoms with Crippen molar-refractivity contribution >= 4 is 40.7 Å². The first kappa shape index (κ1) is 22.4. The molecule has 2 amide bonds. The number of aromatic nitrogens is 1. The van der Waals surface area contributed by atoms with Gasteiger partial charge < -0.3 is 14.6 Å². The Morgan fingerprint density at radius 3 is 2.69 bits per heavy atom. The van der Waals surface area contributed by atoms with Gasteiger partial charge in [-0.15, -0.1) is 0 Å². The van der Waals surface area contributed by atoms with Gasteiger partial charge in [0.2, 0.25) is 5.91 Å². The van der Waals surface area contributed by atoms with Crippen LogP contribution in [-0.2, 0) is 11.2 Å². The van der Waals surface area contributed by atoms with Gasteiger partial charge in [-0.25, -0.2) is 4.98 Å². The Morgan fingerprint density at radius 2 is 1.94 bits per heavy atom. The van der Waals surface area contributed by atoms with Gasteiger partial charge >= 0.3 is 0 Å². The van der Waals surface area contributed by atoms with Crippen LogP contribution in [0.1, 0.15) is 41.1 Å². The highest BCUT2D eigenvalue weighted by atomic mass is 35.5. The van der Waals surface area contributed by atoms with E-state index in [0.29, 0.717) is 44.9 Å². The molecule has 2 aromatic carbocycles. The molecule has 166 valence electrons. The molecule has 0 saturated carbocycles. The van der Waals surface area contributed by atoms with E-state index in [4.69, 9.17) is 27.6 Å². The van der Waals surface area contributed by atoms with Crippen LogP contribution in [0.25, 0.3) is 11.3 Å². The molecule has 6 nitrogen and oxygen atoms in total. The van der Waals surface area contributed by atoms with Crippen molar-refractivity contribution in [3.8, 4) is 11.3 Å². The number of nitrogens with one attached hydrogen (secondary N) is 1. The first-order chi connectivity index (χ1) is 15.4. The van der Waals surface area contributed by atoms with Crippen LogP contribution < -0.4 is 5.32 Å². The lowest BCUT2D eigenvalue weighted by molar-refractivity contribution is -0.116. The van der Waals surface area contributed by atoms with Gasteiger partial charge in [0.1, 0.15) is 0 Å². The highest BCUT2D eigenvalue weighted by Gasteiger charge is 2.22. The average molecular weight is 472 g/mol. The molecule has 32 heavy (non-hydrogen) atoms. The van der Waals surface area contributed by atoms with Gasteiger partial charge in [0.15, 0.2) is 11.7 Å². The number of aryl methyl sites for hydroxylation is 1. The van der Waals surface area contributed by atoms with Crippen LogP contribution in [0, 0.1) is 6.92 Å². The maximum atomic E-state index is 12.8. The quantitative estimate of drug-likeness (QED) is 0.495. The lowest BCUT2D eigenvalue weighted by Gasteiger charge is -2.18. The summed E-state index contributed by atoms with van der Waals surface area (Å²) in [5.41, 5.74) is 2.73. The van der Waals surface area contributed by atoms with Crippen LogP contribution >= 0.6 is 23.2 Å². The van der Waals surface area contributed by atoms with Gasteiger partial charge in [0, 0.05) is 47.8 Å². The molecule has 1 saturated heterocycles. The highest BCUT2D eigenvalue weighted by molar-refractivity contribution is 6.36. The zero-order valence-electron chi connectivity index (χ0n) is 17.7. The Morgan fingerprint density at radius 1 is 1.16 bits per heavy atom. The van der Waals surface area contributed by atoms with E-state index < -0.39 is 0 Å². The number of halogens is 2. The van der Waals surface area contributed by atoms with E-state index in [9.17, 15) is 9.59 Å². The van der Waals surface area contributed by atoms with Crippen molar-refractivity contribution in [2.45, 2.75) is 32.6 Å². The number of carbonyl (C=O) groups is 2. The van der Waals surface area contributed by atoms with Crippen molar-refractivity contribution in [3.05, 3.63) is 69.7 Å². The van der Waals surface area contributed by atoms with Gasteiger partial charge in [-0.05, 0) is 55.7 Å². The average Bonchev–Trinajstić information content (AvgIpc) is 3.46. The van der Waals surface area contributed by atoms with E-state index in [1.54, 1.807) is 36.5 Å². The van der Waals surface area contributed by atoms with Gasteiger partial charge in [-0.2, -0.15) is 0 Å². The molecule has 0 radical (unpaired) electrons. The zero-order valence-corrected chi connectivity index (χ0v) is 19.2. The van der Waals surface area contributed by atoms with E-state index in [-0.39, 0.29) is 18.2 Å². The topological polar surface area (TPSA) is 75.4 Å². The maximum absolute atomic E-state index is 12.8. The van der Waals surface area contributed by atoms with E-state index in [1.807, 2.05) is 17.9 Å². The number of amides is 2. The maximum Gasteiger partial charge on any atom is 0.254 e. The molecule has 1 fully saturated rings. The Labute approximate surface area is 196 Å². The van der Waals surface area contributed by atoms with Crippen LogP contribution in [0.4, 0.5) is 5.69 Å². The standard InChI is InChI=1S/C24H23Cl2N3O3/c1-15-17(24(31)29-11-2-3-12-29)5-4-6-20(15)28-22(30)9-10-23-27-14-21(32-23)18-8-7-16(25)13-19(18)26/h4-8,13-14H,2-3,9-12H2,1H3,(H,28,30). The lowest BCUT2D eigenvalue weighted by atomic mass is 10.1. The zero-order chi connectivity index (χ0) is 22.7. The number of likely N-dealkylation sites (tertiary alicyclic amines) is 1. The molecule has 1 aliphatic heterocycles. The predicted molar refractivity (Wildman–Crippen MR) is 125 cm³/mol.